The van der Waals surface area contributed by atoms with Gasteiger partial charge in [0.25, 0.3) is 0 Å². The second-order valence-corrected chi connectivity index (χ2v) is 3.14. The Hall–Kier alpha value is -1.82. The fourth-order valence-electron chi connectivity index (χ4n) is 1.26. The average Bonchev–Trinajstić information content (AvgIpc) is 2.32. The molecule has 15 heavy (non-hydrogen) atoms. The lowest BCUT2D eigenvalue weighted by Gasteiger charge is -1.98. The molecule has 0 aromatic heterocycles. The maximum Gasteiger partial charge on any atom is -0.0184 e. The molecule has 0 saturated carbocycles. The summed E-state index contributed by atoms with van der Waals surface area (Å²) in [5.41, 5.74) is 2.55. The molecule has 76 valence electrons. The maximum atomic E-state index is 3.36. The number of benzene rings is 2. The van der Waals surface area contributed by atoms with E-state index in [0.717, 1.165) is 0 Å². The fourth-order valence-corrected chi connectivity index (χ4v) is 1.26. The largest absolute Gasteiger partial charge is 0.103 e. The van der Waals surface area contributed by atoms with E-state index >= 15 is 0 Å². The van der Waals surface area contributed by atoms with E-state index in [1.165, 1.54) is 11.1 Å². The predicted molar refractivity (Wildman–Crippen MR) is 67.7 cm³/mol. The number of hydrogen-bond acceptors (Lipinski definition) is 0. The van der Waals surface area contributed by atoms with Crippen LogP contribution < -0.4 is 0 Å². The van der Waals surface area contributed by atoms with Crippen molar-refractivity contribution < 1.29 is 0 Å². The predicted octanol–water partition coefficient (Wildman–Crippen LogP) is 4.55. The quantitative estimate of drug-likeness (QED) is 0.587. The van der Waals surface area contributed by atoms with Crippen molar-refractivity contribution in [2.24, 2.45) is 0 Å². The minimum Gasteiger partial charge on any atom is -0.103 e. The van der Waals surface area contributed by atoms with Gasteiger partial charge in [0.2, 0.25) is 0 Å². The Labute approximate surface area is 91.9 Å². The molecular weight excluding hydrogens is 180 g/mol. The van der Waals surface area contributed by atoms with Gasteiger partial charge in [0.05, 0.1) is 0 Å². The molecule has 0 aliphatic rings. The Morgan fingerprint density at radius 2 is 1.00 bits per heavy atom. The number of hydrogen-bond donors (Lipinski definition) is 0. The molecule has 0 atom stereocenters. The summed E-state index contributed by atoms with van der Waals surface area (Å²) < 4.78 is 0. The molecule has 0 N–H and O–H groups in total. The molecule has 0 amide bonds. The van der Waals surface area contributed by atoms with Gasteiger partial charge in [-0.25, -0.2) is 0 Å². The van der Waals surface area contributed by atoms with Gasteiger partial charge in [-0.1, -0.05) is 66.7 Å². The van der Waals surface area contributed by atoms with Crippen LogP contribution in [0.1, 0.15) is 6.92 Å². The van der Waals surface area contributed by atoms with E-state index in [9.17, 15) is 0 Å². The van der Waals surface area contributed by atoms with Gasteiger partial charge in [-0.05, 0) is 18.1 Å². The van der Waals surface area contributed by atoms with Gasteiger partial charge in [-0.3, -0.25) is 0 Å². The summed E-state index contributed by atoms with van der Waals surface area (Å²) in [5.74, 6) is 0. The molecule has 2 aromatic rings. The lowest BCUT2D eigenvalue weighted by molar-refractivity contribution is 1.62. The Morgan fingerprint density at radius 1 is 0.733 bits per heavy atom. The molecule has 0 unspecified atom stereocenters. The van der Waals surface area contributed by atoms with Crippen molar-refractivity contribution >= 4 is 0 Å². The van der Waals surface area contributed by atoms with Crippen molar-refractivity contribution in [1.29, 1.82) is 0 Å². The molecule has 0 spiro atoms. The zero-order chi connectivity index (χ0) is 10.9. The van der Waals surface area contributed by atoms with Crippen molar-refractivity contribution in [2.45, 2.75) is 6.92 Å². The van der Waals surface area contributed by atoms with E-state index in [2.05, 4.69) is 55.1 Å². The summed E-state index contributed by atoms with van der Waals surface area (Å²) in [7, 11) is 0. The Bertz CT molecular complexity index is 336. The molecular formula is C15H16. The van der Waals surface area contributed by atoms with E-state index in [4.69, 9.17) is 0 Å². The molecule has 0 bridgehead atoms. The molecule has 0 radical (unpaired) electrons. The van der Waals surface area contributed by atoms with E-state index in [1.807, 2.05) is 19.1 Å². The fraction of sp³-hybridized carbons (Fsp3) is 0.0667. The molecule has 2 aromatic carbocycles. The Morgan fingerprint density at radius 3 is 1.27 bits per heavy atom. The summed E-state index contributed by atoms with van der Waals surface area (Å²) in [5, 5.41) is 0. The van der Waals surface area contributed by atoms with Gasteiger partial charge in [0.1, 0.15) is 0 Å². The van der Waals surface area contributed by atoms with Crippen LogP contribution in [0.25, 0.3) is 11.1 Å². The number of rotatable bonds is 1. The Kier molecular flexibility index (Phi) is 4.96. The van der Waals surface area contributed by atoms with E-state index in [1.54, 1.807) is 6.08 Å². The van der Waals surface area contributed by atoms with Crippen LogP contribution in [-0.2, 0) is 0 Å². The van der Waals surface area contributed by atoms with Crippen LogP contribution >= 0.6 is 0 Å². The first-order valence-electron chi connectivity index (χ1n) is 5.06. The van der Waals surface area contributed by atoms with Gasteiger partial charge in [-0.2, -0.15) is 0 Å². The van der Waals surface area contributed by atoms with Crippen molar-refractivity contribution in [1.82, 2.24) is 0 Å². The highest BCUT2D eigenvalue weighted by Crippen LogP contribution is 2.17. The van der Waals surface area contributed by atoms with Crippen LogP contribution in [0.15, 0.2) is 73.3 Å². The molecule has 0 saturated heterocycles. The SMILES string of the molecule is C=CC.c1ccc(-c2ccccc2)cc1. The molecule has 0 aliphatic heterocycles. The third-order valence-electron chi connectivity index (χ3n) is 1.88. The molecule has 2 rings (SSSR count). The summed E-state index contributed by atoms with van der Waals surface area (Å²) in [6.45, 7) is 5.25. The molecule has 0 fully saturated rings. The highest BCUT2D eigenvalue weighted by Gasteiger charge is 1.91. The summed E-state index contributed by atoms with van der Waals surface area (Å²) in [6.07, 6.45) is 1.75. The standard InChI is InChI=1S/C12H10.C3H6/c1-3-7-11(8-4-1)12-9-5-2-6-10-12;1-3-2/h1-10H;3H,1H2,2H3. The average molecular weight is 196 g/mol. The van der Waals surface area contributed by atoms with Gasteiger partial charge in [0, 0.05) is 0 Å². The molecule has 0 heterocycles. The topological polar surface area (TPSA) is 0 Å². The minimum atomic E-state index is 1.28. The summed E-state index contributed by atoms with van der Waals surface area (Å²) in [6, 6.07) is 20.8. The van der Waals surface area contributed by atoms with Crippen LogP contribution in [-0.4, -0.2) is 0 Å². The van der Waals surface area contributed by atoms with Crippen LogP contribution in [0.4, 0.5) is 0 Å². The zero-order valence-corrected chi connectivity index (χ0v) is 9.06. The Balaban J connectivity index is 0.000000337. The molecule has 0 nitrogen and oxygen atoms in total. The zero-order valence-electron chi connectivity index (χ0n) is 9.06. The lowest BCUT2D eigenvalue weighted by Crippen LogP contribution is -1.73. The maximum absolute atomic E-state index is 3.36. The van der Waals surface area contributed by atoms with Crippen LogP contribution in [0.2, 0.25) is 0 Å². The van der Waals surface area contributed by atoms with Crippen molar-refractivity contribution in [3.05, 3.63) is 73.3 Å². The van der Waals surface area contributed by atoms with Crippen molar-refractivity contribution in [3.63, 3.8) is 0 Å². The monoisotopic (exact) mass is 196 g/mol. The molecule has 0 heteroatoms. The second kappa shape index (κ2) is 6.61. The van der Waals surface area contributed by atoms with Gasteiger partial charge in [-0.15, -0.1) is 6.58 Å². The smallest absolute Gasteiger partial charge is 0.0184 e. The van der Waals surface area contributed by atoms with Crippen LogP contribution in [0.3, 0.4) is 0 Å². The van der Waals surface area contributed by atoms with Crippen LogP contribution in [0, 0.1) is 0 Å². The second-order valence-electron chi connectivity index (χ2n) is 3.14. The normalized spacial score (nSPS) is 8.60. The summed E-state index contributed by atoms with van der Waals surface area (Å²) >= 11 is 0. The van der Waals surface area contributed by atoms with E-state index in [0.29, 0.717) is 0 Å². The van der Waals surface area contributed by atoms with Crippen LogP contribution in [0.5, 0.6) is 0 Å². The summed E-state index contributed by atoms with van der Waals surface area (Å²) in [4.78, 5) is 0. The lowest BCUT2D eigenvalue weighted by atomic mass is 10.1. The molecule has 0 aliphatic carbocycles. The van der Waals surface area contributed by atoms with Gasteiger partial charge in [0.15, 0.2) is 0 Å². The number of allylic oxidation sites excluding steroid dienone is 1. The first-order chi connectivity index (χ1) is 7.38. The third kappa shape index (κ3) is 3.82. The first kappa shape index (κ1) is 11.3. The third-order valence-corrected chi connectivity index (χ3v) is 1.88. The van der Waals surface area contributed by atoms with Gasteiger partial charge < -0.3 is 0 Å². The van der Waals surface area contributed by atoms with Gasteiger partial charge >= 0.3 is 0 Å². The van der Waals surface area contributed by atoms with Crippen molar-refractivity contribution in [2.75, 3.05) is 0 Å². The minimum absolute atomic E-state index is 1.28. The van der Waals surface area contributed by atoms with E-state index in [-0.39, 0.29) is 0 Å². The highest BCUT2D eigenvalue weighted by molar-refractivity contribution is 5.62. The first-order valence-corrected chi connectivity index (χ1v) is 5.06. The van der Waals surface area contributed by atoms with Crippen molar-refractivity contribution in [3.8, 4) is 11.1 Å². The highest BCUT2D eigenvalue weighted by atomic mass is 14.0. The van der Waals surface area contributed by atoms with E-state index < -0.39 is 0 Å².